The third kappa shape index (κ3) is 2.52. The summed E-state index contributed by atoms with van der Waals surface area (Å²) < 4.78 is 7.87. The predicted molar refractivity (Wildman–Crippen MR) is 85.2 cm³/mol. The summed E-state index contributed by atoms with van der Waals surface area (Å²) in [6.07, 6.45) is 1.45. The van der Waals surface area contributed by atoms with Crippen LogP contribution in [0.3, 0.4) is 0 Å². The molecule has 0 saturated carbocycles. The number of carbonyl (C=O) groups is 1. The summed E-state index contributed by atoms with van der Waals surface area (Å²) in [5.74, 6) is -0.317. The molecule has 3 rings (SSSR count). The Labute approximate surface area is 136 Å². The third-order valence-electron chi connectivity index (χ3n) is 3.55. The standard InChI is InChI=1S/C15H15BrN4O2/c1-3-22-14(21)12-9(2)19-15-17-8-18-20(15)13(12)10-4-6-11(16)7-5-10/h4-8,12-13H,2-3H2,1H3,(H,17,18,19). The van der Waals surface area contributed by atoms with Gasteiger partial charge in [-0.1, -0.05) is 34.6 Å². The molecular formula is C15H15BrN4O2. The first-order chi connectivity index (χ1) is 10.6. The van der Waals surface area contributed by atoms with E-state index >= 15 is 0 Å². The van der Waals surface area contributed by atoms with Gasteiger partial charge in [0.2, 0.25) is 5.95 Å². The maximum Gasteiger partial charge on any atom is 0.317 e. The van der Waals surface area contributed by atoms with E-state index in [4.69, 9.17) is 4.74 Å². The average molecular weight is 363 g/mol. The summed E-state index contributed by atoms with van der Waals surface area (Å²) in [5, 5.41) is 7.27. The fourth-order valence-corrected chi connectivity index (χ4v) is 2.86. The van der Waals surface area contributed by atoms with E-state index in [9.17, 15) is 4.79 Å². The second kappa shape index (κ2) is 5.92. The first-order valence-electron chi connectivity index (χ1n) is 6.89. The second-order valence-electron chi connectivity index (χ2n) is 4.90. The van der Waals surface area contributed by atoms with Crippen molar-refractivity contribution < 1.29 is 9.53 Å². The molecule has 1 aliphatic rings. The topological polar surface area (TPSA) is 69.0 Å². The Hall–Kier alpha value is -2.15. The third-order valence-corrected chi connectivity index (χ3v) is 4.08. The van der Waals surface area contributed by atoms with Crippen LogP contribution in [0.25, 0.3) is 0 Å². The number of hydrogen-bond acceptors (Lipinski definition) is 5. The van der Waals surface area contributed by atoms with Gasteiger partial charge in [-0.05, 0) is 24.6 Å². The van der Waals surface area contributed by atoms with Crippen LogP contribution in [-0.4, -0.2) is 27.3 Å². The Morgan fingerprint density at radius 1 is 1.45 bits per heavy atom. The summed E-state index contributed by atoms with van der Waals surface area (Å²) in [5.41, 5.74) is 1.50. The molecule has 114 valence electrons. The van der Waals surface area contributed by atoms with Crippen LogP contribution >= 0.6 is 15.9 Å². The highest BCUT2D eigenvalue weighted by Gasteiger charge is 2.40. The maximum atomic E-state index is 12.4. The number of hydrogen-bond donors (Lipinski definition) is 1. The fourth-order valence-electron chi connectivity index (χ4n) is 2.59. The number of ether oxygens (including phenoxy) is 1. The van der Waals surface area contributed by atoms with Crippen molar-refractivity contribution >= 4 is 27.8 Å². The molecule has 0 radical (unpaired) electrons. The molecule has 2 unspecified atom stereocenters. The summed E-state index contributed by atoms with van der Waals surface area (Å²) in [4.78, 5) is 16.6. The van der Waals surface area contributed by atoms with Crippen LogP contribution in [-0.2, 0) is 9.53 Å². The zero-order valence-corrected chi connectivity index (χ0v) is 13.6. The van der Waals surface area contributed by atoms with Gasteiger partial charge in [0.05, 0.1) is 12.6 Å². The number of nitrogens with one attached hydrogen (secondary N) is 1. The van der Waals surface area contributed by atoms with E-state index in [0.29, 0.717) is 18.3 Å². The highest BCUT2D eigenvalue weighted by atomic mass is 79.9. The van der Waals surface area contributed by atoms with Gasteiger partial charge in [-0.2, -0.15) is 10.1 Å². The highest BCUT2D eigenvalue weighted by molar-refractivity contribution is 9.10. The van der Waals surface area contributed by atoms with Gasteiger partial charge in [-0.25, -0.2) is 4.68 Å². The van der Waals surface area contributed by atoms with E-state index in [-0.39, 0.29) is 12.0 Å². The van der Waals surface area contributed by atoms with Gasteiger partial charge in [-0.15, -0.1) is 0 Å². The molecule has 0 fully saturated rings. The minimum Gasteiger partial charge on any atom is -0.465 e. The smallest absolute Gasteiger partial charge is 0.317 e. The van der Waals surface area contributed by atoms with Crippen molar-refractivity contribution in [2.24, 2.45) is 5.92 Å². The molecule has 0 amide bonds. The average Bonchev–Trinajstić information content (AvgIpc) is 2.94. The highest BCUT2D eigenvalue weighted by Crippen LogP contribution is 2.37. The summed E-state index contributed by atoms with van der Waals surface area (Å²) in [7, 11) is 0. The van der Waals surface area contributed by atoms with E-state index in [1.54, 1.807) is 11.6 Å². The molecule has 2 heterocycles. The monoisotopic (exact) mass is 362 g/mol. The summed E-state index contributed by atoms with van der Waals surface area (Å²) >= 11 is 3.42. The molecule has 1 N–H and O–H groups in total. The minimum absolute atomic E-state index is 0.319. The zero-order valence-electron chi connectivity index (χ0n) is 12.0. The number of halogens is 1. The van der Waals surface area contributed by atoms with Crippen LogP contribution in [0.2, 0.25) is 0 Å². The zero-order chi connectivity index (χ0) is 15.7. The molecule has 0 bridgehead atoms. The SMILES string of the molecule is C=C1Nc2ncnn2C(c2ccc(Br)cc2)C1C(=O)OCC. The van der Waals surface area contributed by atoms with Gasteiger partial charge in [0.25, 0.3) is 0 Å². The molecule has 0 saturated heterocycles. The molecule has 1 aromatic heterocycles. The maximum absolute atomic E-state index is 12.4. The number of rotatable bonds is 3. The van der Waals surface area contributed by atoms with Crippen molar-refractivity contribution in [3.05, 3.63) is 52.9 Å². The first-order valence-corrected chi connectivity index (χ1v) is 7.68. The van der Waals surface area contributed by atoms with Crippen LogP contribution in [0.5, 0.6) is 0 Å². The van der Waals surface area contributed by atoms with E-state index in [2.05, 4.69) is 37.9 Å². The van der Waals surface area contributed by atoms with Gasteiger partial charge >= 0.3 is 5.97 Å². The molecule has 6 nitrogen and oxygen atoms in total. The van der Waals surface area contributed by atoms with Crippen molar-refractivity contribution in [1.29, 1.82) is 0 Å². The van der Waals surface area contributed by atoms with Gasteiger partial charge < -0.3 is 10.1 Å². The number of anilines is 1. The second-order valence-corrected chi connectivity index (χ2v) is 5.82. The lowest BCUT2D eigenvalue weighted by atomic mass is 9.89. The number of aromatic nitrogens is 3. The van der Waals surface area contributed by atoms with Gasteiger partial charge in [0.15, 0.2) is 0 Å². The molecule has 2 atom stereocenters. The van der Waals surface area contributed by atoms with Gasteiger partial charge in [0, 0.05) is 10.2 Å². The molecule has 1 aliphatic heterocycles. The van der Waals surface area contributed by atoms with Crippen molar-refractivity contribution in [2.75, 3.05) is 11.9 Å². The number of esters is 1. The molecule has 2 aromatic rings. The van der Waals surface area contributed by atoms with Crippen LogP contribution in [0.1, 0.15) is 18.5 Å². The molecule has 22 heavy (non-hydrogen) atoms. The lowest BCUT2D eigenvalue weighted by Gasteiger charge is -2.33. The Bertz CT molecular complexity index is 711. The van der Waals surface area contributed by atoms with Crippen LogP contribution in [0.15, 0.2) is 47.3 Å². The minimum atomic E-state index is -0.560. The van der Waals surface area contributed by atoms with Crippen molar-refractivity contribution in [1.82, 2.24) is 14.8 Å². The van der Waals surface area contributed by atoms with Crippen LogP contribution in [0.4, 0.5) is 5.95 Å². The normalized spacial score (nSPS) is 20.2. The molecular weight excluding hydrogens is 348 g/mol. The lowest BCUT2D eigenvalue weighted by Crippen LogP contribution is -2.37. The van der Waals surface area contributed by atoms with Gasteiger partial charge in [-0.3, -0.25) is 4.79 Å². The van der Waals surface area contributed by atoms with Crippen molar-refractivity contribution in [3.8, 4) is 0 Å². The van der Waals surface area contributed by atoms with E-state index in [0.717, 1.165) is 10.0 Å². The van der Waals surface area contributed by atoms with E-state index in [1.807, 2.05) is 24.3 Å². The van der Waals surface area contributed by atoms with Crippen LogP contribution in [0, 0.1) is 5.92 Å². The molecule has 0 spiro atoms. The number of carbonyl (C=O) groups excluding carboxylic acids is 1. The summed E-state index contributed by atoms with van der Waals surface area (Å²) in [6, 6.07) is 7.42. The van der Waals surface area contributed by atoms with Crippen LogP contribution < -0.4 is 5.32 Å². The molecule has 0 aliphatic carbocycles. The van der Waals surface area contributed by atoms with Gasteiger partial charge in [0.1, 0.15) is 12.2 Å². The van der Waals surface area contributed by atoms with Crippen molar-refractivity contribution in [2.45, 2.75) is 13.0 Å². The molecule has 1 aromatic carbocycles. The number of fused-ring (bicyclic) bond motifs is 1. The lowest BCUT2D eigenvalue weighted by molar-refractivity contribution is -0.147. The first kappa shape index (κ1) is 14.8. The number of benzene rings is 1. The Morgan fingerprint density at radius 3 is 2.86 bits per heavy atom. The van der Waals surface area contributed by atoms with E-state index in [1.165, 1.54) is 6.33 Å². The molecule has 7 heteroatoms. The number of nitrogens with zero attached hydrogens (tertiary/aromatic N) is 3. The predicted octanol–water partition coefficient (Wildman–Crippen LogP) is 2.75. The largest absolute Gasteiger partial charge is 0.465 e. The fraction of sp³-hybridized carbons (Fsp3) is 0.267. The summed E-state index contributed by atoms with van der Waals surface area (Å²) in [6.45, 7) is 6.07. The quantitative estimate of drug-likeness (QED) is 0.850. The Morgan fingerprint density at radius 2 is 2.18 bits per heavy atom. The Kier molecular flexibility index (Phi) is 3.98. The van der Waals surface area contributed by atoms with E-state index < -0.39 is 5.92 Å². The van der Waals surface area contributed by atoms with Crippen molar-refractivity contribution in [3.63, 3.8) is 0 Å². The Balaban J connectivity index is 2.09.